The lowest BCUT2D eigenvalue weighted by Crippen LogP contribution is -2.43. The van der Waals surface area contributed by atoms with Crippen LogP contribution in [0.5, 0.6) is 0 Å². The summed E-state index contributed by atoms with van der Waals surface area (Å²) in [6.45, 7) is 8.74. The fraction of sp³-hybridized carbons (Fsp3) is 1.00. The highest BCUT2D eigenvalue weighted by atomic mass is 16.3. The second-order valence-corrected chi connectivity index (χ2v) is 3.72. The Labute approximate surface area is 75.0 Å². The Morgan fingerprint density at radius 1 is 1.08 bits per heavy atom. The molecular formula is C9H21NO2. The summed E-state index contributed by atoms with van der Waals surface area (Å²) in [5.74, 6) is 0. The van der Waals surface area contributed by atoms with Gasteiger partial charge in [0.05, 0.1) is 12.7 Å². The molecule has 0 bridgehead atoms. The van der Waals surface area contributed by atoms with E-state index in [0.29, 0.717) is 18.6 Å². The Hall–Kier alpha value is -0.120. The van der Waals surface area contributed by atoms with E-state index in [2.05, 4.69) is 32.6 Å². The molecule has 1 unspecified atom stereocenters. The zero-order chi connectivity index (χ0) is 9.72. The number of aliphatic hydroxyl groups is 2. The molecule has 2 N–H and O–H groups in total. The summed E-state index contributed by atoms with van der Waals surface area (Å²) in [5.41, 5.74) is 0. The van der Waals surface area contributed by atoms with Crippen molar-refractivity contribution in [1.29, 1.82) is 0 Å². The third-order valence-electron chi connectivity index (χ3n) is 1.96. The van der Waals surface area contributed by atoms with Crippen molar-refractivity contribution >= 4 is 0 Å². The number of aliphatic hydroxyl groups excluding tert-OH is 2. The van der Waals surface area contributed by atoms with E-state index in [1.807, 2.05) is 0 Å². The Morgan fingerprint density at radius 3 is 1.75 bits per heavy atom. The van der Waals surface area contributed by atoms with Gasteiger partial charge in [0.15, 0.2) is 0 Å². The first kappa shape index (κ1) is 11.9. The summed E-state index contributed by atoms with van der Waals surface area (Å²) in [4.78, 5) is 2.15. The second kappa shape index (κ2) is 5.51. The molecule has 0 saturated heterocycles. The van der Waals surface area contributed by atoms with Crippen molar-refractivity contribution in [2.75, 3.05) is 13.2 Å². The van der Waals surface area contributed by atoms with Gasteiger partial charge in [-0.15, -0.1) is 0 Å². The number of hydrogen-bond donors (Lipinski definition) is 2. The molecule has 3 nitrogen and oxygen atoms in total. The fourth-order valence-corrected chi connectivity index (χ4v) is 1.32. The van der Waals surface area contributed by atoms with Gasteiger partial charge in [-0.1, -0.05) is 0 Å². The quantitative estimate of drug-likeness (QED) is 0.638. The van der Waals surface area contributed by atoms with E-state index in [0.717, 1.165) is 0 Å². The molecule has 0 amide bonds. The minimum Gasteiger partial charge on any atom is -0.394 e. The van der Waals surface area contributed by atoms with Crippen LogP contribution < -0.4 is 0 Å². The van der Waals surface area contributed by atoms with Crippen LogP contribution in [0.25, 0.3) is 0 Å². The minimum absolute atomic E-state index is 0.157. The number of hydrogen-bond acceptors (Lipinski definition) is 3. The van der Waals surface area contributed by atoms with Crippen LogP contribution in [-0.2, 0) is 0 Å². The van der Waals surface area contributed by atoms with Gasteiger partial charge >= 0.3 is 0 Å². The molecule has 0 aliphatic carbocycles. The molecule has 1 atom stereocenters. The first-order valence-corrected chi connectivity index (χ1v) is 4.53. The van der Waals surface area contributed by atoms with Crippen molar-refractivity contribution in [3.05, 3.63) is 0 Å². The Kier molecular flexibility index (Phi) is 5.46. The molecule has 0 aromatic rings. The average molecular weight is 175 g/mol. The van der Waals surface area contributed by atoms with Gasteiger partial charge in [-0.3, -0.25) is 4.90 Å². The highest BCUT2D eigenvalue weighted by Crippen LogP contribution is 2.05. The van der Waals surface area contributed by atoms with E-state index >= 15 is 0 Å². The first-order valence-electron chi connectivity index (χ1n) is 4.53. The largest absolute Gasteiger partial charge is 0.394 e. The molecule has 0 heterocycles. The molecule has 0 fully saturated rings. The van der Waals surface area contributed by atoms with E-state index < -0.39 is 6.10 Å². The molecule has 12 heavy (non-hydrogen) atoms. The van der Waals surface area contributed by atoms with Gasteiger partial charge < -0.3 is 10.2 Å². The standard InChI is InChI=1S/C9H21NO2/c1-7(2)10(8(3)4)5-9(12)6-11/h7-9,11-12H,5-6H2,1-4H3. The van der Waals surface area contributed by atoms with Gasteiger partial charge in [-0.25, -0.2) is 0 Å². The molecule has 0 aliphatic heterocycles. The molecule has 0 saturated carbocycles. The third kappa shape index (κ3) is 4.04. The van der Waals surface area contributed by atoms with E-state index in [4.69, 9.17) is 5.11 Å². The molecule has 0 rings (SSSR count). The monoisotopic (exact) mass is 175 g/mol. The zero-order valence-corrected chi connectivity index (χ0v) is 8.49. The maximum atomic E-state index is 9.23. The van der Waals surface area contributed by atoms with Gasteiger partial charge in [0.1, 0.15) is 0 Å². The van der Waals surface area contributed by atoms with Crippen molar-refractivity contribution in [2.45, 2.75) is 45.9 Å². The lowest BCUT2D eigenvalue weighted by molar-refractivity contribution is 0.0375. The molecule has 0 aromatic heterocycles. The van der Waals surface area contributed by atoms with Gasteiger partial charge in [0.25, 0.3) is 0 Å². The average Bonchev–Trinajstić information content (AvgIpc) is 1.98. The number of rotatable bonds is 5. The molecule has 0 spiro atoms. The number of nitrogens with zero attached hydrogens (tertiary/aromatic N) is 1. The van der Waals surface area contributed by atoms with Crippen molar-refractivity contribution in [2.24, 2.45) is 0 Å². The van der Waals surface area contributed by atoms with Gasteiger partial charge in [-0.05, 0) is 27.7 Å². The second-order valence-electron chi connectivity index (χ2n) is 3.72. The molecule has 74 valence electrons. The van der Waals surface area contributed by atoms with Crippen LogP contribution in [0.1, 0.15) is 27.7 Å². The lowest BCUT2D eigenvalue weighted by Gasteiger charge is -2.31. The summed E-state index contributed by atoms with van der Waals surface area (Å²) in [6, 6.07) is 0.817. The van der Waals surface area contributed by atoms with Crippen molar-refractivity contribution in [3.63, 3.8) is 0 Å². The fourth-order valence-electron chi connectivity index (χ4n) is 1.32. The minimum atomic E-state index is -0.616. The predicted molar refractivity (Wildman–Crippen MR) is 50.1 cm³/mol. The van der Waals surface area contributed by atoms with Crippen LogP contribution in [0.4, 0.5) is 0 Å². The zero-order valence-electron chi connectivity index (χ0n) is 8.49. The van der Waals surface area contributed by atoms with Gasteiger partial charge in [0.2, 0.25) is 0 Å². The van der Waals surface area contributed by atoms with Crippen LogP contribution in [-0.4, -0.2) is 46.5 Å². The van der Waals surface area contributed by atoms with E-state index in [1.165, 1.54) is 0 Å². The summed E-state index contributed by atoms with van der Waals surface area (Å²) in [6.07, 6.45) is -0.616. The normalized spacial score (nSPS) is 14.8. The van der Waals surface area contributed by atoms with Gasteiger partial charge in [0, 0.05) is 18.6 Å². The summed E-state index contributed by atoms with van der Waals surface area (Å²) in [7, 11) is 0. The first-order chi connectivity index (χ1) is 5.49. The van der Waals surface area contributed by atoms with Crippen molar-refractivity contribution < 1.29 is 10.2 Å². The Morgan fingerprint density at radius 2 is 1.50 bits per heavy atom. The molecule has 0 aliphatic rings. The SMILES string of the molecule is CC(C)N(CC(O)CO)C(C)C. The van der Waals surface area contributed by atoms with Crippen LogP contribution in [0, 0.1) is 0 Å². The third-order valence-corrected chi connectivity index (χ3v) is 1.96. The smallest absolute Gasteiger partial charge is 0.0897 e. The Balaban J connectivity index is 3.95. The molecule has 0 radical (unpaired) electrons. The van der Waals surface area contributed by atoms with E-state index in [-0.39, 0.29) is 6.61 Å². The van der Waals surface area contributed by atoms with Crippen LogP contribution in [0.3, 0.4) is 0 Å². The van der Waals surface area contributed by atoms with Gasteiger partial charge in [-0.2, -0.15) is 0 Å². The van der Waals surface area contributed by atoms with Crippen LogP contribution in [0.15, 0.2) is 0 Å². The molecule has 0 aromatic carbocycles. The summed E-state index contributed by atoms with van der Waals surface area (Å²) < 4.78 is 0. The van der Waals surface area contributed by atoms with E-state index in [9.17, 15) is 5.11 Å². The van der Waals surface area contributed by atoms with Crippen LogP contribution >= 0.6 is 0 Å². The summed E-state index contributed by atoms with van der Waals surface area (Å²) >= 11 is 0. The molecule has 3 heteroatoms. The lowest BCUT2D eigenvalue weighted by atomic mass is 10.2. The highest BCUT2D eigenvalue weighted by molar-refractivity contribution is 4.70. The predicted octanol–water partition coefficient (Wildman–Crippen LogP) is 0.458. The maximum absolute atomic E-state index is 9.23. The van der Waals surface area contributed by atoms with Crippen molar-refractivity contribution in [1.82, 2.24) is 4.90 Å². The van der Waals surface area contributed by atoms with Crippen LogP contribution in [0.2, 0.25) is 0 Å². The van der Waals surface area contributed by atoms with Crippen molar-refractivity contribution in [3.8, 4) is 0 Å². The Bertz CT molecular complexity index is 107. The highest BCUT2D eigenvalue weighted by Gasteiger charge is 2.16. The maximum Gasteiger partial charge on any atom is 0.0897 e. The summed E-state index contributed by atoms with van der Waals surface area (Å²) in [5, 5.41) is 17.9. The molecular weight excluding hydrogens is 154 g/mol. The topological polar surface area (TPSA) is 43.7 Å². The van der Waals surface area contributed by atoms with E-state index in [1.54, 1.807) is 0 Å².